The van der Waals surface area contributed by atoms with Crippen LogP contribution in [0.15, 0.2) is 18.5 Å². The van der Waals surface area contributed by atoms with Gasteiger partial charge in [-0.25, -0.2) is 4.68 Å². The molecule has 5 nitrogen and oxygen atoms in total. The number of aromatic nitrogens is 3. The number of nitrogens with two attached hydrogens (primary N) is 1. The first-order valence-corrected chi connectivity index (χ1v) is 6.95. The maximum atomic E-state index is 6.04. The molecule has 108 valence electrons. The van der Waals surface area contributed by atoms with Gasteiger partial charge in [-0.2, -0.15) is 5.10 Å². The molecular formula is C14H19ClN4O. The molecule has 0 amide bonds. The van der Waals surface area contributed by atoms with Crippen LogP contribution in [0.5, 0.6) is 11.6 Å². The van der Waals surface area contributed by atoms with Gasteiger partial charge in [0.2, 0.25) is 5.88 Å². The average Bonchev–Trinajstić information content (AvgIpc) is 2.65. The van der Waals surface area contributed by atoms with Gasteiger partial charge in [0.05, 0.1) is 16.9 Å². The molecule has 2 aromatic heterocycles. The van der Waals surface area contributed by atoms with E-state index in [2.05, 4.69) is 17.0 Å². The van der Waals surface area contributed by atoms with Gasteiger partial charge in [-0.3, -0.25) is 4.98 Å². The summed E-state index contributed by atoms with van der Waals surface area (Å²) < 4.78 is 7.60. The third-order valence-electron chi connectivity index (χ3n) is 3.17. The minimum Gasteiger partial charge on any atom is -0.437 e. The molecule has 0 aliphatic rings. The van der Waals surface area contributed by atoms with Crippen molar-refractivity contribution in [3.8, 4) is 11.6 Å². The summed E-state index contributed by atoms with van der Waals surface area (Å²) in [6.45, 7) is 4.03. The van der Waals surface area contributed by atoms with Crippen molar-refractivity contribution in [3.05, 3.63) is 34.7 Å². The minimum atomic E-state index is 0.0951. The minimum absolute atomic E-state index is 0.0951. The number of hydrogen-bond acceptors (Lipinski definition) is 4. The number of hydrogen-bond donors (Lipinski definition) is 1. The first-order chi connectivity index (χ1) is 9.51. The van der Waals surface area contributed by atoms with Gasteiger partial charge in [0.1, 0.15) is 5.75 Å². The van der Waals surface area contributed by atoms with E-state index in [0.717, 1.165) is 24.1 Å². The fourth-order valence-electron chi connectivity index (χ4n) is 2.01. The zero-order valence-corrected chi connectivity index (χ0v) is 12.7. The van der Waals surface area contributed by atoms with Crippen molar-refractivity contribution in [1.82, 2.24) is 14.8 Å². The molecule has 2 rings (SSSR count). The van der Waals surface area contributed by atoms with Crippen LogP contribution in [-0.4, -0.2) is 20.8 Å². The highest BCUT2D eigenvalue weighted by Gasteiger charge is 2.17. The molecule has 6 heteroatoms. The van der Waals surface area contributed by atoms with Crippen LogP contribution < -0.4 is 10.5 Å². The van der Waals surface area contributed by atoms with Crippen LogP contribution in [-0.2, 0) is 13.5 Å². The van der Waals surface area contributed by atoms with Gasteiger partial charge in [-0.15, -0.1) is 0 Å². The van der Waals surface area contributed by atoms with Gasteiger partial charge in [0, 0.05) is 30.9 Å². The number of halogens is 1. The van der Waals surface area contributed by atoms with Crippen molar-refractivity contribution in [2.24, 2.45) is 12.8 Å². The van der Waals surface area contributed by atoms with E-state index in [1.165, 1.54) is 0 Å². The highest BCUT2D eigenvalue weighted by atomic mass is 35.5. The van der Waals surface area contributed by atoms with Crippen molar-refractivity contribution < 1.29 is 4.74 Å². The summed E-state index contributed by atoms with van der Waals surface area (Å²) in [5, 5.41) is 4.94. The Morgan fingerprint density at radius 1 is 1.45 bits per heavy atom. The van der Waals surface area contributed by atoms with E-state index in [4.69, 9.17) is 22.1 Å². The second-order valence-corrected chi connectivity index (χ2v) is 5.24. The van der Waals surface area contributed by atoms with Crippen LogP contribution >= 0.6 is 11.6 Å². The standard InChI is InChI=1S/C14H19ClN4O/c1-4-11(16)6-13-9(2)18-19(3)14(13)20-12-5-10(15)7-17-8-12/h5,7-8,11H,4,6,16H2,1-3H3. The maximum Gasteiger partial charge on any atom is 0.221 e. The largest absolute Gasteiger partial charge is 0.437 e. The first-order valence-electron chi connectivity index (χ1n) is 6.57. The van der Waals surface area contributed by atoms with Gasteiger partial charge in [-0.05, 0) is 19.8 Å². The van der Waals surface area contributed by atoms with E-state index in [1.807, 2.05) is 14.0 Å². The molecule has 1 unspecified atom stereocenters. The molecule has 0 radical (unpaired) electrons. The van der Waals surface area contributed by atoms with Gasteiger partial charge >= 0.3 is 0 Å². The molecule has 2 heterocycles. The van der Waals surface area contributed by atoms with Crippen LogP contribution in [0, 0.1) is 6.92 Å². The third kappa shape index (κ3) is 3.29. The van der Waals surface area contributed by atoms with E-state index in [1.54, 1.807) is 23.1 Å². The fraction of sp³-hybridized carbons (Fsp3) is 0.429. The van der Waals surface area contributed by atoms with E-state index in [9.17, 15) is 0 Å². The van der Waals surface area contributed by atoms with E-state index >= 15 is 0 Å². The highest BCUT2D eigenvalue weighted by Crippen LogP contribution is 2.29. The van der Waals surface area contributed by atoms with Gasteiger partial charge < -0.3 is 10.5 Å². The molecule has 0 aromatic carbocycles. The van der Waals surface area contributed by atoms with Crippen LogP contribution in [0.1, 0.15) is 24.6 Å². The predicted molar refractivity (Wildman–Crippen MR) is 79.2 cm³/mol. The summed E-state index contributed by atoms with van der Waals surface area (Å²) in [4.78, 5) is 4.01. The molecule has 0 saturated carbocycles. The third-order valence-corrected chi connectivity index (χ3v) is 3.38. The molecule has 1 atom stereocenters. The molecule has 0 saturated heterocycles. The quantitative estimate of drug-likeness (QED) is 0.921. The maximum absolute atomic E-state index is 6.04. The summed E-state index contributed by atoms with van der Waals surface area (Å²) in [5.41, 5.74) is 8.00. The second-order valence-electron chi connectivity index (χ2n) is 4.81. The lowest BCUT2D eigenvalue weighted by Crippen LogP contribution is -2.21. The van der Waals surface area contributed by atoms with Crippen molar-refractivity contribution in [3.63, 3.8) is 0 Å². The molecular weight excluding hydrogens is 276 g/mol. The number of aryl methyl sites for hydroxylation is 2. The Morgan fingerprint density at radius 3 is 2.85 bits per heavy atom. The summed E-state index contributed by atoms with van der Waals surface area (Å²) in [5.74, 6) is 1.28. The lowest BCUT2D eigenvalue weighted by atomic mass is 10.1. The lowest BCUT2D eigenvalue weighted by Gasteiger charge is -2.11. The van der Waals surface area contributed by atoms with Gasteiger partial charge in [0.25, 0.3) is 0 Å². The molecule has 0 fully saturated rings. The summed E-state index contributed by atoms with van der Waals surface area (Å²) in [6, 6.07) is 1.82. The van der Waals surface area contributed by atoms with Crippen molar-refractivity contribution in [1.29, 1.82) is 0 Å². The molecule has 0 aliphatic carbocycles. The number of pyridine rings is 1. The fourth-order valence-corrected chi connectivity index (χ4v) is 2.17. The summed E-state index contributed by atoms with van der Waals surface area (Å²) in [6.07, 6.45) is 4.83. The van der Waals surface area contributed by atoms with E-state index < -0.39 is 0 Å². The smallest absolute Gasteiger partial charge is 0.221 e. The molecule has 0 bridgehead atoms. The molecule has 0 spiro atoms. The predicted octanol–water partition coefficient (Wildman–Crippen LogP) is 2.85. The topological polar surface area (TPSA) is 66.0 Å². The zero-order valence-electron chi connectivity index (χ0n) is 11.9. The van der Waals surface area contributed by atoms with Gasteiger partial charge in [-0.1, -0.05) is 18.5 Å². The van der Waals surface area contributed by atoms with Crippen LogP contribution in [0.2, 0.25) is 5.02 Å². The molecule has 2 N–H and O–H groups in total. The average molecular weight is 295 g/mol. The van der Waals surface area contributed by atoms with Gasteiger partial charge in [0.15, 0.2) is 0 Å². The van der Waals surface area contributed by atoms with Crippen molar-refractivity contribution >= 4 is 11.6 Å². The van der Waals surface area contributed by atoms with E-state index in [-0.39, 0.29) is 6.04 Å². The number of ether oxygens (including phenoxy) is 1. The Kier molecular flexibility index (Phi) is 4.62. The van der Waals surface area contributed by atoms with Crippen LogP contribution in [0.25, 0.3) is 0 Å². The van der Waals surface area contributed by atoms with Crippen molar-refractivity contribution in [2.75, 3.05) is 0 Å². The Hall–Kier alpha value is -1.59. The molecule has 0 aliphatic heterocycles. The zero-order chi connectivity index (χ0) is 14.7. The highest BCUT2D eigenvalue weighted by molar-refractivity contribution is 6.30. The molecule has 2 aromatic rings. The summed E-state index contributed by atoms with van der Waals surface area (Å²) >= 11 is 5.92. The lowest BCUT2D eigenvalue weighted by molar-refractivity contribution is 0.422. The normalized spacial score (nSPS) is 12.4. The number of nitrogens with zero attached hydrogens (tertiary/aromatic N) is 3. The Balaban J connectivity index is 2.31. The molecule has 20 heavy (non-hydrogen) atoms. The van der Waals surface area contributed by atoms with Crippen molar-refractivity contribution in [2.45, 2.75) is 32.7 Å². The SMILES string of the molecule is CCC(N)Cc1c(C)nn(C)c1Oc1cncc(Cl)c1. The second kappa shape index (κ2) is 6.24. The Morgan fingerprint density at radius 2 is 2.20 bits per heavy atom. The Bertz CT molecular complexity index is 597. The van der Waals surface area contributed by atoms with Crippen LogP contribution in [0.3, 0.4) is 0 Å². The summed E-state index contributed by atoms with van der Waals surface area (Å²) in [7, 11) is 1.85. The van der Waals surface area contributed by atoms with E-state index in [0.29, 0.717) is 16.7 Å². The number of rotatable bonds is 5. The first kappa shape index (κ1) is 14.8. The Labute approximate surface area is 123 Å². The van der Waals surface area contributed by atoms with Crippen LogP contribution in [0.4, 0.5) is 0 Å². The monoisotopic (exact) mass is 294 g/mol.